The van der Waals surface area contributed by atoms with Crippen molar-refractivity contribution in [3.63, 3.8) is 0 Å². The van der Waals surface area contributed by atoms with Gasteiger partial charge in [-0.05, 0) is 36.4 Å². The molecule has 3 aromatic heterocycles. The Labute approximate surface area is 165 Å². The average Bonchev–Trinajstić information content (AvgIpc) is 3.41. The number of fused-ring (bicyclic) bond motifs is 1. The summed E-state index contributed by atoms with van der Waals surface area (Å²) in [6.45, 7) is 3.44. The van der Waals surface area contributed by atoms with Gasteiger partial charge >= 0.3 is 0 Å². The lowest BCUT2D eigenvalue weighted by Crippen LogP contribution is -3.12. The number of likely N-dealkylation sites (tertiary alicyclic amines) is 1. The van der Waals surface area contributed by atoms with Crippen molar-refractivity contribution in [1.82, 2.24) is 9.97 Å². The number of thiophene rings is 1. The Bertz CT molecular complexity index is 969. The van der Waals surface area contributed by atoms with E-state index in [0.29, 0.717) is 5.92 Å². The molecule has 4 heterocycles. The highest BCUT2D eigenvalue weighted by Gasteiger charge is 2.27. The lowest BCUT2D eigenvalue weighted by Gasteiger charge is -2.28. The van der Waals surface area contributed by atoms with Crippen LogP contribution in [0.15, 0.2) is 46.5 Å². The van der Waals surface area contributed by atoms with Crippen LogP contribution in [0.5, 0.6) is 0 Å². The second kappa shape index (κ2) is 7.19. The van der Waals surface area contributed by atoms with Crippen LogP contribution in [0, 0.1) is 0 Å². The van der Waals surface area contributed by atoms with Gasteiger partial charge in [0.15, 0.2) is 0 Å². The van der Waals surface area contributed by atoms with E-state index in [-0.39, 0.29) is 0 Å². The van der Waals surface area contributed by atoms with Crippen LogP contribution in [0.25, 0.3) is 20.8 Å². The molecule has 132 valence electrons. The summed E-state index contributed by atoms with van der Waals surface area (Å²) >= 11 is 5.38. The topological polar surface area (TPSA) is 30.2 Å². The molecule has 0 radical (unpaired) electrons. The van der Waals surface area contributed by atoms with Crippen LogP contribution < -0.4 is 4.90 Å². The van der Waals surface area contributed by atoms with Gasteiger partial charge in [-0.2, -0.15) is 11.3 Å². The molecule has 6 heteroatoms. The van der Waals surface area contributed by atoms with Crippen LogP contribution in [0.1, 0.15) is 29.5 Å². The summed E-state index contributed by atoms with van der Waals surface area (Å²) in [5.41, 5.74) is 3.64. The molecule has 2 atom stereocenters. The van der Waals surface area contributed by atoms with Crippen LogP contribution in [0.2, 0.25) is 0 Å². The first-order valence-corrected chi connectivity index (χ1v) is 11.6. The van der Waals surface area contributed by atoms with Gasteiger partial charge in [0.25, 0.3) is 0 Å². The normalized spacial score (nSPS) is 20.6. The minimum Gasteiger partial charge on any atom is -0.329 e. The van der Waals surface area contributed by atoms with Crippen LogP contribution in [-0.2, 0) is 6.54 Å². The third kappa shape index (κ3) is 3.34. The number of hydrogen-bond donors (Lipinski definition) is 1. The summed E-state index contributed by atoms with van der Waals surface area (Å²) in [4.78, 5) is 11.4. The predicted octanol–water partition coefficient (Wildman–Crippen LogP) is 4.44. The fraction of sp³-hybridized carbons (Fsp3) is 0.300. The first kappa shape index (κ1) is 16.6. The van der Waals surface area contributed by atoms with E-state index in [9.17, 15) is 0 Å². The maximum absolute atomic E-state index is 4.91. The zero-order valence-corrected chi connectivity index (χ0v) is 16.8. The van der Waals surface area contributed by atoms with Gasteiger partial charge < -0.3 is 4.90 Å². The Hall–Kier alpha value is -1.60. The Morgan fingerprint density at radius 1 is 1.12 bits per heavy atom. The molecule has 3 nitrogen and oxygen atoms in total. The number of hydrogen-bond acceptors (Lipinski definition) is 5. The van der Waals surface area contributed by atoms with Crippen molar-refractivity contribution in [1.29, 1.82) is 0 Å². The summed E-state index contributed by atoms with van der Waals surface area (Å²) in [5.74, 6) is 0.589. The molecule has 1 aliphatic rings. The van der Waals surface area contributed by atoms with Gasteiger partial charge in [-0.25, -0.2) is 9.97 Å². The van der Waals surface area contributed by atoms with E-state index in [1.807, 2.05) is 11.3 Å². The molecule has 0 bridgehead atoms. The van der Waals surface area contributed by atoms with Crippen molar-refractivity contribution in [3.8, 4) is 10.6 Å². The van der Waals surface area contributed by atoms with Crippen molar-refractivity contribution >= 4 is 44.2 Å². The van der Waals surface area contributed by atoms with Gasteiger partial charge in [0.05, 0.1) is 29.2 Å². The minimum atomic E-state index is 0.589. The number of nitrogens with one attached hydrogen (secondary N) is 1. The number of benzene rings is 1. The molecule has 5 rings (SSSR count). The SMILES string of the molecule is c1ccc2sc([C@@H]3CCC[NH+](Cc4csc(-c5ccsc5)n4)C3)nc2c1. The molecule has 0 aliphatic carbocycles. The fourth-order valence-electron chi connectivity index (χ4n) is 3.75. The van der Waals surface area contributed by atoms with Gasteiger partial charge in [-0.3, -0.25) is 0 Å². The van der Waals surface area contributed by atoms with Crippen molar-refractivity contribution in [3.05, 3.63) is 57.2 Å². The molecule has 1 saturated heterocycles. The van der Waals surface area contributed by atoms with Gasteiger partial charge in [-0.15, -0.1) is 22.7 Å². The largest absolute Gasteiger partial charge is 0.329 e. The highest BCUT2D eigenvalue weighted by Crippen LogP contribution is 2.30. The lowest BCUT2D eigenvalue weighted by atomic mass is 9.98. The highest BCUT2D eigenvalue weighted by atomic mass is 32.1. The number of nitrogens with zero attached hydrogens (tertiary/aromatic N) is 2. The zero-order chi connectivity index (χ0) is 17.3. The smallest absolute Gasteiger partial charge is 0.124 e. The number of aromatic nitrogens is 2. The van der Waals surface area contributed by atoms with Gasteiger partial charge in [0.1, 0.15) is 22.3 Å². The van der Waals surface area contributed by atoms with Gasteiger partial charge in [0.2, 0.25) is 0 Å². The Kier molecular flexibility index (Phi) is 4.58. The summed E-state index contributed by atoms with van der Waals surface area (Å²) in [5, 5.41) is 9.01. The van der Waals surface area contributed by atoms with Gasteiger partial charge in [-0.1, -0.05) is 12.1 Å². The standard InChI is InChI=1S/C20H19N3S3/c1-2-6-18-17(5-1)22-20(26-18)14-4-3-8-23(10-14)11-16-13-25-19(21-16)15-7-9-24-12-15/h1-2,5-7,9,12-14H,3-4,8,10-11H2/p+1/t14-/m1/s1. The zero-order valence-electron chi connectivity index (χ0n) is 14.4. The highest BCUT2D eigenvalue weighted by molar-refractivity contribution is 7.18. The summed E-state index contributed by atoms with van der Waals surface area (Å²) in [6, 6.07) is 10.7. The molecule has 1 fully saturated rings. The molecular formula is C20H20N3S3+. The Morgan fingerprint density at radius 3 is 2.96 bits per heavy atom. The van der Waals surface area contributed by atoms with Crippen molar-refractivity contribution in [2.75, 3.05) is 13.1 Å². The van der Waals surface area contributed by atoms with Gasteiger partial charge in [0, 0.05) is 16.3 Å². The lowest BCUT2D eigenvalue weighted by molar-refractivity contribution is -0.920. The van der Waals surface area contributed by atoms with Crippen LogP contribution >= 0.6 is 34.0 Å². The molecule has 1 unspecified atom stereocenters. The van der Waals surface area contributed by atoms with Crippen LogP contribution in [0.3, 0.4) is 0 Å². The molecular weight excluding hydrogens is 378 g/mol. The third-order valence-corrected chi connectivity index (χ3v) is 7.85. The molecule has 26 heavy (non-hydrogen) atoms. The maximum Gasteiger partial charge on any atom is 0.124 e. The Morgan fingerprint density at radius 2 is 2.08 bits per heavy atom. The second-order valence-electron chi connectivity index (χ2n) is 6.90. The van der Waals surface area contributed by atoms with Crippen LogP contribution in [-0.4, -0.2) is 23.1 Å². The first-order valence-electron chi connectivity index (χ1n) is 9.01. The molecule has 1 aliphatic heterocycles. The number of para-hydroxylation sites is 1. The maximum atomic E-state index is 4.91. The van der Waals surface area contributed by atoms with E-state index in [4.69, 9.17) is 9.97 Å². The molecule has 4 aromatic rings. The second-order valence-corrected chi connectivity index (χ2v) is 9.60. The van der Waals surface area contributed by atoms with E-state index in [1.165, 1.54) is 46.9 Å². The van der Waals surface area contributed by atoms with E-state index in [0.717, 1.165) is 17.1 Å². The summed E-state index contributed by atoms with van der Waals surface area (Å²) in [7, 11) is 0. The summed E-state index contributed by atoms with van der Waals surface area (Å²) < 4.78 is 1.31. The average molecular weight is 399 g/mol. The minimum absolute atomic E-state index is 0.589. The fourth-order valence-corrected chi connectivity index (χ4v) is 6.38. The van der Waals surface area contributed by atoms with E-state index < -0.39 is 0 Å². The molecule has 0 amide bonds. The van der Waals surface area contributed by atoms with Crippen molar-refractivity contribution < 1.29 is 4.90 Å². The third-order valence-electron chi connectivity index (χ3n) is 5.03. The number of rotatable bonds is 4. The summed E-state index contributed by atoms with van der Waals surface area (Å²) in [6.07, 6.45) is 2.54. The molecule has 1 N–H and O–H groups in total. The van der Waals surface area contributed by atoms with E-state index in [2.05, 4.69) is 46.5 Å². The predicted molar refractivity (Wildman–Crippen MR) is 111 cm³/mol. The van der Waals surface area contributed by atoms with Crippen molar-refractivity contribution in [2.24, 2.45) is 0 Å². The molecule has 0 saturated carbocycles. The van der Waals surface area contributed by atoms with Crippen molar-refractivity contribution in [2.45, 2.75) is 25.3 Å². The molecule has 1 aromatic carbocycles. The number of quaternary nitrogens is 1. The Balaban J connectivity index is 1.30. The number of piperidine rings is 1. The monoisotopic (exact) mass is 398 g/mol. The number of thiazole rings is 2. The van der Waals surface area contributed by atoms with E-state index >= 15 is 0 Å². The first-order chi connectivity index (χ1) is 12.8. The van der Waals surface area contributed by atoms with Crippen LogP contribution in [0.4, 0.5) is 0 Å². The molecule has 0 spiro atoms. The van der Waals surface area contributed by atoms with E-state index in [1.54, 1.807) is 27.6 Å². The quantitative estimate of drug-likeness (QED) is 0.551.